The fourth-order valence-electron chi connectivity index (χ4n) is 3.76. The molecule has 162 valence electrons. The van der Waals surface area contributed by atoms with Crippen LogP contribution in [0.1, 0.15) is 24.0 Å². The Labute approximate surface area is 179 Å². The van der Waals surface area contributed by atoms with Gasteiger partial charge in [-0.3, -0.25) is 4.79 Å². The highest BCUT2D eigenvalue weighted by molar-refractivity contribution is 7.88. The minimum absolute atomic E-state index is 0.0162. The lowest BCUT2D eigenvalue weighted by Crippen LogP contribution is -2.44. The Morgan fingerprint density at radius 2 is 1.70 bits per heavy atom. The number of rotatable bonds is 8. The molecule has 0 atom stereocenters. The minimum Gasteiger partial charge on any atom is -0.373 e. The topological polar surface area (TPSA) is 69.7 Å². The summed E-state index contributed by atoms with van der Waals surface area (Å²) < 4.78 is 27.1. The molecule has 1 amide bonds. The van der Waals surface area contributed by atoms with Crippen molar-refractivity contribution in [3.8, 4) is 0 Å². The summed E-state index contributed by atoms with van der Waals surface area (Å²) in [5.74, 6) is -0.0909. The van der Waals surface area contributed by atoms with Crippen molar-refractivity contribution in [2.45, 2.75) is 25.5 Å². The molecule has 1 aliphatic heterocycles. The van der Waals surface area contributed by atoms with Crippen molar-refractivity contribution in [1.82, 2.24) is 9.62 Å². The predicted octanol–water partition coefficient (Wildman–Crippen LogP) is 2.79. The molecule has 0 aromatic heterocycles. The number of piperidine rings is 1. The molecule has 2 aromatic rings. The van der Waals surface area contributed by atoms with Crippen LogP contribution in [-0.4, -0.2) is 51.9 Å². The largest absolute Gasteiger partial charge is 0.373 e. The summed E-state index contributed by atoms with van der Waals surface area (Å²) in [6, 6.07) is 17.6. The van der Waals surface area contributed by atoms with E-state index in [0.717, 1.165) is 23.4 Å². The maximum atomic E-state index is 12.8. The van der Waals surface area contributed by atoms with Gasteiger partial charge in [-0.15, -0.1) is 0 Å². The van der Waals surface area contributed by atoms with Gasteiger partial charge in [0.25, 0.3) is 0 Å². The maximum Gasteiger partial charge on any atom is 0.223 e. The van der Waals surface area contributed by atoms with Crippen molar-refractivity contribution in [2.24, 2.45) is 5.92 Å². The second kappa shape index (κ2) is 10.1. The molecule has 2 aromatic carbocycles. The van der Waals surface area contributed by atoms with Crippen LogP contribution in [0.25, 0.3) is 0 Å². The van der Waals surface area contributed by atoms with E-state index in [1.807, 2.05) is 68.6 Å². The number of hydrogen-bond donors (Lipinski definition) is 1. The number of para-hydroxylation sites is 1. The van der Waals surface area contributed by atoms with Gasteiger partial charge >= 0.3 is 0 Å². The van der Waals surface area contributed by atoms with Gasteiger partial charge in [-0.05, 0) is 43.0 Å². The Bertz CT molecular complexity index is 939. The first-order valence-electron chi connectivity index (χ1n) is 10.4. The lowest BCUT2D eigenvalue weighted by Gasteiger charge is -2.31. The number of likely N-dealkylation sites (N-methyl/N-ethyl adjacent to an activating group) is 1. The third-order valence-electron chi connectivity index (χ3n) is 5.76. The summed E-state index contributed by atoms with van der Waals surface area (Å²) in [5, 5.41) is 3.01. The second-order valence-corrected chi connectivity index (χ2v) is 9.87. The van der Waals surface area contributed by atoms with Crippen LogP contribution in [0.5, 0.6) is 0 Å². The standard InChI is InChI=1S/C23H31N3O3S/c1-19-8-6-7-9-21(19)18-30(28,29)26-15-12-20(13-16-26)23(27)24-14-17-25(2)22-10-4-3-5-11-22/h3-11,20H,12-18H2,1-2H3,(H,24,27). The quantitative estimate of drug-likeness (QED) is 0.701. The zero-order valence-corrected chi connectivity index (χ0v) is 18.6. The average molecular weight is 430 g/mol. The van der Waals surface area contributed by atoms with Crippen molar-refractivity contribution in [2.75, 3.05) is 38.1 Å². The van der Waals surface area contributed by atoms with Gasteiger partial charge in [0.2, 0.25) is 15.9 Å². The number of carbonyl (C=O) groups is 1. The Morgan fingerprint density at radius 3 is 2.37 bits per heavy atom. The number of carbonyl (C=O) groups excluding carboxylic acids is 1. The summed E-state index contributed by atoms with van der Waals surface area (Å²) in [6.45, 7) is 4.01. The van der Waals surface area contributed by atoms with Gasteiger partial charge < -0.3 is 10.2 Å². The van der Waals surface area contributed by atoms with Crippen LogP contribution in [0.15, 0.2) is 54.6 Å². The summed E-state index contributed by atoms with van der Waals surface area (Å²) >= 11 is 0. The minimum atomic E-state index is -3.37. The van der Waals surface area contributed by atoms with Crippen molar-refractivity contribution in [3.63, 3.8) is 0 Å². The SMILES string of the molecule is Cc1ccccc1CS(=O)(=O)N1CCC(C(=O)NCCN(C)c2ccccc2)CC1. The average Bonchev–Trinajstić information content (AvgIpc) is 2.76. The zero-order chi connectivity index (χ0) is 21.6. The molecule has 1 N–H and O–H groups in total. The first-order chi connectivity index (χ1) is 14.4. The third kappa shape index (κ3) is 5.83. The van der Waals surface area contributed by atoms with Crippen LogP contribution >= 0.6 is 0 Å². The summed E-state index contributed by atoms with van der Waals surface area (Å²) in [6.07, 6.45) is 1.13. The summed E-state index contributed by atoms with van der Waals surface area (Å²) in [5.41, 5.74) is 2.93. The maximum absolute atomic E-state index is 12.8. The highest BCUT2D eigenvalue weighted by Crippen LogP contribution is 2.22. The van der Waals surface area contributed by atoms with E-state index in [1.165, 1.54) is 4.31 Å². The molecular weight excluding hydrogens is 398 g/mol. The van der Waals surface area contributed by atoms with Gasteiger partial charge in [0, 0.05) is 44.8 Å². The second-order valence-electron chi connectivity index (χ2n) is 7.90. The number of sulfonamides is 1. The van der Waals surface area contributed by atoms with Gasteiger partial charge in [-0.1, -0.05) is 42.5 Å². The molecule has 0 saturated carbocycles. The number of aryl methyl sites for hydroxylation is 1. The highest BCUT2D eigenvalue weighted by Gasteiger charge is 2.31. The van der Waals surface area contributed by atoms with Gasteiger partial charge in [-0.25, -0.2) is 12.7 Å². The fraction of sp³-hybridized carbons (Fsp3) is 0.435. The van der Waals surface area contributed by atoms with Crippen molar-refractivity contribution in [3.05, 3.63) is 65.7 Å². The Morgan fingerprint density at radius 1 is 1.07 bits per heavy atom. The third-order valence-corrected chi connectivity index (χ3v) is 7.59. The molecule has 0 bridgehead atoms. The monoisotopic (exact) mass is 429 g/mol. The van der Waals surface area contributed by atoms with E-state index in [2.05, 4.69) is 10.2 Å². The smallest absolute Gasteiger partial charge is 0.223 e. The molecule has 0 spiro atoms. The van der Waals surface area contributed by atoms with Crippen LogP contribution in [0.2, 0.25) is 0 Å². The molecule has 1 aliphatic rings. The molecule has 1 heterocycles. The first-order valence-corrected chi connectivity index (χ1v) is 12.0. The molecular formula is C23H31N3O3S. The number of amides is 1. The lowest BCUT2D eigenvalue weighted by molar-refractivity contribution is -0.126. The molecule has 1 saturated heterocycles. The first kappa shape index (κ1) is 22.3. The Hall–Kier alpha value is -2.38. The Kier molecular flexibility index (Phi) is 7.50. The van der Waals surface area contributed by atoms with Crippen molar-refractivity contribution in [1.29, 1.82) is 0 Å². The van der Waals surface area contributed by atoms with Crippen LogP contribution < -0.4 is 10.2 Å². The van der Waals surface area contributed by atoms with E-state index >= 15 is 0 Å². The molecule has 0 radical (unpaired) electrons. The molecule has 7 heteroatoms. The van der Waals surface area contributed by atoms with E-state index in [4.69, 9.17) is 0 Å². The molecule has 30 heavy (non-hydrogen) atoms. The van der Waals surface area contributed by atoms with E-state index in [1.54, 1.807) is 0 Å². The predicted molar refractivity (Wildman–Crippen MR) is 121 cm³/mol. The number of anilines is 1. The Balaban J connectivity index is 1.44. The number of nitrogens with zero attached hydrogens (tertiary/aromatic N) is 2. The molecule has 1 fully saturated rings. The van der Waals surface area contributed by atoms with E-state index in [-0.39, 0.29) is 17.6 Å². The molecule has 3 rings (SSSR count). The van der Waals surface area contributed by atoms with Crippen LogP contribution in [-0.2, 0) is 20.6 Å². The van der Waals surface area contributed by atoms with Crippen molar-refractivity contribution < 1.29 is 13.2 Å². The van der Waals surface area contributed by atoms with Crippen LogP contribution in [0.4, 0.5) is 5.69 Å². The normalized spacial score (nSPS) is 15.7. The van der Waals surface area contributed by atoms with Gasteiger partial charge in [0.1, 0.15) is 0 Å². The summed E-state index contributed by atoms with van der Waals surface area (Å²) in [4.78, 5) is 14.6. The number of benzene rings is 2. The van der Waals surface area contributed by atoms with Crippen LogP contribution in [0, 0.1) is 12.8 Å². The van der Waals surface area contributed by atoms with Gasteiger partial charge in [0.15, 0.2) is 0 Å². The van der Waals surface area contributed by atoms with E-state index < -0.39 is 10.0 Å². The highest BCUT2D eigenvalue weighted by atomic mass is 32.2. The number of hydrogen-bond acceptors (Lipinski definition) is 4. The fourth-order valence-corrected chi connectivity index (χ4v) is 5.43. The van der Waals surface area contributed by atoms with Crippen LogP contribution in [0.3, 0.4) is 0 Å². The van der Waals surface area contributed by atoms with Crippen molar-refractivity contribution >= 4 is 21.6 Å². The van der Waals surface area contributed by atoms with Gasteiger partial charge in [-0.2, -0.15) is 0 Å². The molecule has 0 unspecified atom stereocenters. The lowest BCUT2D eigenvalue weighted by atomic mass is 9.97. The molecule has 6 nitrogen and oxygen atoms in total. The summed E-state index contributed by atoms with van der Waals surface area (Å²) in [7, 11) is -1.37. The van der Waals surface area contributed by atoms with E-state index in [9.17, 15) is 13.2 Å². The van der Waals surface area contributed by atoms with E-state index in [0.29, 0.717) is 32.5 Å². The molecule has 0 aliphatic carbocycles. The number of nitrogens with one attached hydrogen (secondary N) is 1. The zero-order valence-electron chi connectivity index (χ0n) is 17.8. The van der Waals surface area contributed by atoms with Gasteiger partial charge in [0.05, 0.1) is 5.75 Å².